The van der Waals surface area contributed by atoms with Crippen LogP contribution in [0.2, 0.25) is 0 Å². The van der Waals surface area contributed by atoms with Crippen molar-refractivity contribution in [3.63, 3.8) is 0 Å². The van der Waals surface area contributed by atoms with Crippen LogP contribution in [0.3, 0.4) is 0 Å². The first-order valence-corrected chi connectivity index (χ1v) is 7.48. The van der Waals surface area contributed by atoms with Gasteiger partial charge in [0.2, 0.25) is 15.9 Å². The molecule has 0 radical (unpaired) electrons. The molecule has 1 heterocycles. The third-order valence-corrected chi connectivity index (χ3v) is 4.56. The average Bonchev–Trinajstić information content (AvgIpc) is 2.26. The minimum atomic E-state index is -3.55. The lowest BCUT2D eigenvalue weighted by Gasteiger charge is -2.28. The molecule has 19 heavy (non-hydrogen) atoms. The van der Waals surface area contributed by atoms with E-state index in [1.54, 1.807) is 19.1 Å². The standard InChI is InChI=1S/C12H17N3O3S/c1-8-3-4-10(14-9(2)16)5-12(8)19(17,18)15-11-6-13-7-11/h3-5,11,13,15H,6-7H2,1-2H3,(H,14,16). The Morgan fingerprint density at radius 1 is 1.37 bits per heavy atom. The summed E-state index contributed by atoms with van der Waals surface area (Å²) in [5.74, 6) is -0.233. The van der Waals surface area contributed by atoms with E-state index < -0.39 is 10.0 Å². The lowest BCUT2D eigenvalue weighted by Crippen LogP contribution is -2.56. The highest BCUT2D eigenvalue weighted by molar-refractivity contribution is 7.89. The highest BCUT2D eigenvalue weighted by atomic mass is 32.2. The van der Waals surface area contributed by atoms with Gasteiger partial charge in [0.15, 0.2) is 0 Å². The molecule has 0 atom stereocenters. The maximum Gasteiger partial charge on any atom is 0.241 e. The second-order valence-electron chi connectivity index (χ2n) is 4.64. The highest BCUT2D eigenvalue weighted by Gasteiger charge is 2.25. The Morgan fingerprint density at radius 3 is 2.58 bits per heavy atom. The van der Waals surface area contributed by atoms with Gasteiger partial charge in [-0.3, -0.25) is 4.79 Å². The number of sulfonamides is 1. The summed E-state index contributed by atoms with van der Waals surface area (Å²) in [4.78, 5) is 11.2. The van der Waals surface area contributed by atoms with Gasteiger partial charge in [-0.05, 0) is 24.6 Å². The van der Waals surface area contributed by atoms with Gasteiger partial charge in [0.1, 0.15) is 0 Å². The molecule has 1 aliphatic heterocycles. The number of carbonyl (C=O) groups excluding carboxylic acids is 1. The third kappa shape index (κ3) is 3.31. The summed E-state index contributed by atoms with van der Waals surface area (Å²) in [5.41, 5.74) is 1.12. The molecule has 0 saturated carbocycles. The first-order chi connectivity index (χ1) is 8.88. The number of aryl methyl sites for hydroxylation is 1. The van der Waals surface area contributed by atoms with Crippen LogP contribution in [0.15, 0.2) is 23.1 Å². The van der Waals surface area contributed by atoms with Gasteiger partial charge in [0.05, 0.1) is 4.90 Å². The minimum Gasteiger partial charge on any atom is -0.326 e. The number of amides is 1. The van der Waals surface area contributed by atoms with E-state index in [4.69, 9.17) is 0 Å². The van der Waals surface area contributed by atoms with Crippen LogP contribution in [0.25, 0.3) is 0 Å². The lowest BCUT2D eigenvalue weighted by atomic mass is 10.2. The second kappa shape index (κ2) is 5.28. The predicted octanol–water partition coefficient (Wildman–Crippen LogP) is 0.204. The van der Waals surface area contributed by atoms with Gasteiger partial charge in [0.25, 0.3) is 0 Å². The number of hydrogen-bond acceptors (Lipinski definition) is 4. The normalized spacial score (nSPS) is 15.9. The van der Waals surface area contributed by atoms with Gasteiger partial charge >= 0.3 is 0 Å². The molecule has 1 amide bonds. The molecule has 0 unspecified atom stereocenters. The molecule has 1 fully saturated rings. The monoisotopic (exact) mass is 283 g/mol. The van der Waals surface area contributed by atoms with Gasteiger partial charge < -0.3 is 10.6 Å². The summed E-state index contributed by atoms with van der Waals surface area (Å²) < 4.78 is 27.1. The van der Waals surface area contributed by atoms with Gasteiger partial charge in [-0.25, -0.2) is 13.1 Å². The number of benzene rings is 1. The largest absolute Gasteiger partial charge is 0.326 e. The molecule has 1 aliphatic rings. The number of rotatable bonds is 4. The molecule has 1 aromatic rings. The van der Waals surface area contributed by atoms with E-state index in [0.29, 0.717) is 24.3 Å². The molecule has 1 saturated heterocycles. The molecule has 1 aromatic carbocycles. The van der Waals surface area contributed by atoms with Crippen molar-refractivity contribution in [2.45, 2.75) is 24.8 Å². The van der Waals surface area contributed by atoms with Crippen LogP contribution in [0.5, 0.6) is 0 Å². The van der Waals surface area contributed by atoms with E-state index in [0.717, 1.165) is 0 Å². The van der Waals surface area contributed by atoms with Crippen molar-refractivity contribution in [3.8, 4) is 0 Å². The van der Waals surface area contributed by atoms with Crippen molar-refractivity contribution in [1.29, 1.82) is 0 Å². The van der Waals surface area contributed by atoms with Gasteiger partial charge in [0, 0.05) is 31.7 Å². The number of nitrogens with one attached hydrogen (secondary N) is 3. The Hall–Kier alpha value is -1.44. The zero-order valence-electron chi connectivity index (χ0n) is 10.9. The summed E-state index contributed by atoms with van der Waals surface area (Å²) in [5, 5.41) is 5.59. The molecule has 0 aliphatic carbocycles. The van der Waals surface area contributed by atoms with Crippen LogP contribution in [-0.4, -0.2) is 33.5 Å². The fourth-order valence-corrected chi connectivity index (χ4v) is 3.33. The van der Waals surface area contributed by atoms with E-state index in [-0.39, 0.29) is 16.8 Å². The molecule has 3 N–H and O–H groups in total. The van der Waals surface area contributed by atoms with Gasteiger partial charge in [-0.15, -0.1) is 0 Å². The van der Waals surface area contributed by atoms with Crippen molar-refractivity contribution in [1.82, 2.24) is 10.0 Å². The summed E-state index contributed by atoms with van der Waals surface area (Å²) in [7, 11) is -3.55. The smallest absolute Gasteiger partial charge is 0.241 e. The predicted molar refractivity (Wildman–Crippen MR) is 72.5 cm³/mol. The van der Waals surface area contributed by atoms with Crippen molar-refractivity contribution in [3.05, 3.63) is 23.8 Å². The molecule has 0 spiro atoms. The summed E-state index contributed by atoms with van der Waals surface area (Å²) in [6.45, 7) is 4.39. The Bertz CT molecular complexity index is 594. The minimum absolute atomic E-state index is 0.0613. The topological polar surface area (TPSA) is 87.3 Å². The number of anilines is 1. The summed E-state index contributed by atoms with van der Waals surface area (Å²) in [6, 6.07) is 4.78. The molecule has 0 aromatic heterocycles. The first kappa shape index (κ1) is 14.0. The summed E-state index contributed by atoms with van der Waals surface area (Å²) in [6.07, 6.45) is 0. The zero-order chi connectivity index (χ0) is 14.0. The van der Waals surface area contributed by atoms with Gasteiger partial charge in [-0.1, -0.05) is 6.07 Å². The van der Waals surface area contributed by atoms with Crippen LogP contribution < -0.4 is 15.4 Å². The highest BCUT2D eigenvalue weighted by Crippen LogP contribution is 2.20. The van der Waals surface area contributed by atoms with Crippen LogP contribution >= 0.6 is 0 Å². The molecule has 6 nitrogen and oxygen atoms in total. The first-order valence-electron chi connectivity index (χ1n) is 6.00. The van der Waals surface area contributed by atoms with Crippen LogP contribution in [-0.2, 0) is 14.8 Å². The Balaban J connectivity index is 2.28. The third-order valence-electron chi connectivity index (χ3n) is 2.90. The Morgan fingerprint density at radius 2 is 2.05 bits per heavy atom. The van der Waals surface area contributed by atoms with E-state index >= 15 is 0 Å². The molecule has 7 heteroatoms. The zero-order valence-corrected chi connectivity index (χ0v) is 11.7. The van der Waals surface area contributed by atoms with Crippen molar-refractivity contribution < 1.29 is 13.2 Å². The number of hydrogen-bond donors (Lipinski definition) is 3. The molecule has 2 rings (SSSR count). The van der Waals surface area contributed by atoms with E-state index in [2.05, 4.69) is 15.4 Å². The van der Waals surface area contributed by atoms with Crippen molar-refractivity contribution in [2.75, 3.05) is 18.4 Å². The van der Waals surface area contributed by atoms with E-state index in [1.165, 1.54) is 13.0 Å². The van der Waals surface area contributed by atoms with Crippen LogP contribution in [0.4, 0.5) is 5.69 Å². The van der Waals surface area contributed by atoms with E-state index in [9.17, 15) is 13.2 Å². The maximum atomic E-state index is 12.2. The molecular weight excluding hydrogens is 266 g/mol. The Labute approximate surface area is 112 Å². The van der Waals surface area contributed by atoms with Gasteiger partial charge in [-0.2, -0.15) is 0 Å². The summed E-state index contributed by atoms with van der Waals surface area (Å²) >= 11 is 0. The Kier molecular flexibility index (Phi) is 3.88. The second-order valence-corrected chi connectivity index (χ2v) is 6.32. The van der Waals surface area contributed by atoms with E-state index in [1.807, 2.05) is 0 Å². The molecular formula is C12H17N3O3S. The molecule has 104 valence electrons. The quantitative estimate of drug-likeness (QED) is 0.737. The molecule has 0 bridgehead atoms. The lowest BCUT2D eigenvalue weighted by molar-refractivity contribution is -0.114. The van der Waals surface area contributed by atoms with Crippen molar-refractivity contribution >= 4 is 21.6 Å². The fraction of sp³-hybridized carbons (Fsp3) is 0.417. The van der Waals surface area contributed by atoms with Crippen LogP contribution in [0, 0.1) is 6.92 Å². The SMILES string of the molecule is CC(=O)Nc1ccc(C)c(S(=O)(=O)NC2CNC2)c1. The maximum absolute atomic E-state index is 12.2. The number of carbonyl (C=O) groups is 1. The average molecular weight is 283 g/mol. The van der Waals surface area contributed by atoms with Crippen molar-refractivity contribution in [2.24, 2.45) is 0 Å². The fourth-order valence-electron chi connectivity index (χ4n) is 1.83. The van der Waals surface area contributed by atoms with Crippen LogP contribution in [0.1, 0.15) is 12.5 Å².